The molecule has 0 radical (unpaired) electrons. The maximum atomic E-state index is 12.9. The molecule has 0 aliphatic carbocycles. The number of ether oxygens (including phenoxy) is 1. The number of nitrogens with one attached hydrogen (secondary N) is 2. The Bertz CT molecular complexity index is 299. The van der Waals surface area contributed by atoms with Crippen molar-refractivity contribution in [2.45, 2.75) is 37.6 Å². The summed E-state index contributed by atoms with van der Waals surface area (Å²) in [7, 11) is 0. The molecule has 1 atom stereocenters. The Balaban J connectivity index is 0.00000180. The predicted octanol–water partition coefficient (Wildman–Crippen LogP) is 1.34. The molecule has 2 saturated heterocycles. The van der Waals surface area contributed by atoms with E-state index in [-0.39, 0.29) is 18.3 Å². The second-order valence-electron chi connectivity index (χ2n) is 5.13. The lowest BCUT2D eigenvalue weighted by molar-refractivity contribution is -0.123. The molecule has 4 nitrogen and oxygen atoms in total. The third-order valence-corrected chi connectivity index (χ3v) is 3.62. The molecule has 1 unspecified atom stereocenters. The van der Waals surface area contributed by atoms with E-state index in [0.29, 0.717) is 12.5 Å². The first kappa shape index (κ1) is 16.6. The molecule has 2 fully saturated rings. The lowest BCUT2D eigenvalue weighted by Crippen LogP contribution is -2.41. The predicted molar refractivity (Wildman–Crippen MR) is 69.8 cm³/mol. The van der Waals surface area contributed by atoms with Crippen molar-refractivity contribution in [3.63, 3.8) is 0 Å². The van der Waals surface area contributed by atoms with Gasteiger partial charge < -0.3 is 10.1 Å². The first-order valence-corrected chi connectivity index (χ1v) is 6.53. The highest BCUT2D eigenvalue weighted by Crippen LogP contribution is 2.25. The SMILES string of the molecule is Cl.O=C(NCCC1CCOCC1)C1CC(F)(F)CN1. The van der Waals surface area contributed by atoms with Gasteiger partial charge in [-0.2, -0.15) is 0 Å². The van der Waals surface area contributed by atoms with E-state index in [2.05, 4.69) is 10.6 Å². The van der Waals surface area contributed by atoms with Crippen LogP contribution in [0.4, 0.5) is 8.78 Å². The van der Waals surface area contributed by atoms with Crippen molar-refractivity contribution in [1.29, 1.82) is 0 Å². The second-order valence-corrected chi connectivity index (χ2v) is 5.13. The van der Waals surface area contributed by atoms with Gasteiger partial charge in [0.2, 0.25) is 5.91 Å². The van der Waals surface area contributed by atoms with Gasteiger partial charge in [0.1, 0.15) is 0 Å². The molecular weight excluding hydrogens is 278 g/mol. The highest BCUT2D eigenvalue weighted by Gasteiger charge is 2.42. The highest BCUT2D eigenvalue weighted by molar-refractivity contribution is 5.85. The third kappa shape index (κ3) is 5.20. The molecule has 7 heteroatoms. The smallest absolute Gasteiger partial charge is 0.262 e. The van der Waals surface area contributed by atoms with Crippen molar-refractivity contribution in [2.75, 3.05) is 26.3 Å². The molecule has 0 aromatic heterocycles. The minimum absolute atomic E-state index is 0. The number of carbonyl (C=O) groups is 1. The van der Waals surface area contributed by atoms with Gasteiger partial charge in [-0.25, -0.2) is 8.78 Å². The Morgan fingerprint density at radius 2 is 2.05 bits per heavy atom. The summed E-state index contributed by atoms with van der Waals surface area (Å²) in [5.74, 6) is -2.47. The first-order valence-electron chi connectivity index (χ1n) is 6.53. The van der Waals surface area contributed by atoms with Crippen molar-refractivity contribution < 1.29 is 18.3 Å². The van der Waals surface area contributed by atoms with Crippen LogP contribution < -0.4 is 10.6 Å². The Morgan fingerprint density at radius 1 is 1.37 bits per heavy atom. The molecule has 112 valence electrons. The summed E-state index contributed by atoms with van der Waals surface area (Å²) in [6.07, 6.45) is 2.56. The average molecular weight is 299 g/mol. The molecular formula is C12H21ClF2N2O2. The van der Waals surface area contributed by atoms with E-state index in [1.165, 1.54) is 0 Å². The molecule has 0 aromatic carbocycles. The van der Waals surface area contributed by atoms with Crippen molar-refractivity contribution >= 4 is 18.3 Å². The number of rotatable bonds is 4. The molecule has 2 aliphatic heterocycles. The highest BCUT2D eigenvalue weighted by atomic mass is 35.5. The van der Waals surface area contributed by atoms with E-state index in [1.807, 2.05) is 0 Å². The number of amides is 1. The van der Waals surface area contributed by atoms with Gasteiger partial charge >= 0.3 is 0 Å². The van der Waals surface area contributed by atoms with Gasteiger partial charge in [-0.3, -0.25) is 10.1 Å². The van der Waals surface area contributed by atoms with Crippen molar-refractivity contribution in [3.8, 4) is 0 Å². The minimum Gasteiger partial charge on any atom is -0.381 e. The van der Waals surface area contributed by atoms with E-state index >= 15 is 0 Å². The molecule has 0 bridgehead atoms. The number of hydrogen-bond donors (Lipinski definition) is 2. The third-order valence-electron chi connectivity index (χ3n) is 3.62. The molecule has 0 spiro atoms. The van der Waals surface area contributed by atoms with Crippen LogP contribution in [0.25, 0.3) is 0 Å². The molecule has 19 heavy (non-hydrogen) atoms. The summed E-state index contributed by atoms with van der Waals surface area (Å²) >= 11 is 0. The first-order chi connectivity index (χ1) is 8.57. The maximum absolute atomic E-state index is 12.9. The van der Waals surface area contributed by atoms with Crippen LogP contribution in [0.5, 0.6) is 0 Å². The largest absolute Gasteiger partial charge is 0.381 e. The van der Waals surface area contributed by atoms with Crippen LogP contribution in [-0.4, -0.2) is 44.2 Å². The van der Waals surface area contributed by atoms with Gasteiger partial charge in [0.15, 0.2) is 0 Å². The van der Waals surface area contributed by atoms with Gasteiger partial charge in [0.05, 0.1) is 12.6 Å². The lowest BCUT2D eigenvalue weighted by atomic mass is 9.96. The summed E-state index contributed by atoms with van der Waals surface area (Å²) in [6.45, 7) is 1.74. The maximum Gasteiger partial charge on any atom is 0.262 e. The fourth-order valence-electron chi connectivity index (χ4n) is 2.46. The molecule has 2 N–H and O–H groups in total. The summed E-state index contributed by atoms with van der Waals surface area (Å²) in [4.78, 5) is 11.6. The van der Waals surface area contributed by atoms with E-state index in [0.717, 1.165) is 32.5 Å². The fourth-order valence-corrected chi connectivity index (χ4v) is 2.46. The van der Waals surface area contributed by atoms with E-state index < -0.39 is 24.9 Å². The Kier molecular flexibility index (Phi) is 6.42. The average Bonchev–Trinajstić information content (AvgIpc) is 2.71. The van der Waals surface area contributed by atoms with Crippen LogP contribution in [0, 0.1) is 5.92 Å². The minimum atomic E-state index is -2.75. The van der Waals surface area contributed by atoms with Crippen LogP contribution >= 0.6 is 12.4 Å². The topological polar surface area (TPSA) is 50.4 Å². The lowest BCUT2D eigenvalue weighted by Gasteiger charge is -2.22. The van der Waals surface area contributed by atoms with Crippen molar-refractivity contribution in [2.24, 2.45) is 5.92 Å². The number of carbonyl (C=O) groups excluding carboxylic acids is 1. The molecule has 0 saturated carbocycles. The fraction of sp³-hybridized carbons (Fsp3) is 0.917. The van der Waals surface area contributed by atoms with E-state index in [4.69, 9.17) is 4.74 Å². The number of hydrogen-bond acceptors (Lipinski definition) is 3. The molecule has 2 heterocycles. The monoisotopic (exact) mass is 298 g/mol. The van der Waals surface area contributed by atoms with Crippen molar-refractivity contribution in [1.82, 2.24) is 10.6 Å². The molecule has 0 aromatic rings. The summed E-state index contributed by atoms with van der Waals surface area (Å²) in [5, 5.41) is 5.29. The summed E-state index contributed by atoms with van der Waals surface area (Å²) in [5.41, 5.74) is 0. The van der Waals surface area contributed by atoms with Crippen LogP contribution in [-0.2, 0) is 9.53 Å². The Labute approximate surface area is 118 Å². The Hall–Kier alpha value is -0.460. The zero-order valence-electron chi connectivity index (χ0n) is 10.8. The van der Waals surface area contributed by atoms with E-state index in [9.17, 15) is 13.6 Å². The zero-order chi connectivity index (χ0) is 13.0. The quantitative estimate of drug-likeness (QED) is 0.823. The van der Waals surface area contributed by atoms with Gasteiger partial charge in [-0.1, -0.05) is 0 Å². The number of alkyl halides is 2. The Morgan fingerprint density at radius 3 is 2.63 bits per heavy atom. The van der Waals surface area contributed by atoms with Crippen LogP contribution in [0.2, 0.25) is 0 Å². The van der Waals surface area contributed by atoms with E-state index in [1.54, 1.807) is 0 Å². The summed E-state index contributed by atoms with van der Waals surface area (Å²) in [6, 6.07) is -0.741. The van der Waals surface area contributed by atoms with Crippen LogP contribution in [0.1, 0.15) is 25.7 Å². The summed E-state index contributed by atoms with van der Waals surface area (Å²) < 4.78 is 31.1. The van der Waals surface area contributed by atoms with Crippen LogP contribution in [0.3, 0.4) is 0 Å². The second kappa shape index (κ2) is 7.36. The van der Waals surface area contributed by atoms with Crippen LogP contribution in [0.15, 0.2) is 0 Å². The van der Waals surface area contributed by atoms with Crippen molar-refractivity contribution in [3.05, 3.63) is 0 Å². The molecule has 1 amide bonds. The van der Waals surface area contributed by atoms with Gasteiger partial charge in [0.25, 0.3) is 5.92 Å². The van der Waals surface area contributed by atoms with Gasteiger partial charge in [-0.05, 0) is 25.2 Å². The van der Waals surface area contributed by atoms with Gasteiger partial charge in [0, 0.05) is 26.2 Å². The molecule has 2 aliphatic rings. The van der Waals surface area contributed by atoms with Gasteiger partial charge in [-0.15, -0.1) is 12.4 Å². The normalized spacial score (nSPS) is 26.7. The standard InChI is InChI=1S/C12H20F2N2O2.ClH/c13-12(14)7-10(16-8-12)11(17)15-4-1-9-2-5-18-6-3-9;/h9-10,16H,1-8H2,(H,15,17);1H. The zero-order valence-corrected chi connectivity index (χ0v) is 11.6. The number of halogens is 3. The molecule has 2 rings (SSSR count).